The van der Waals surface area contributed by atoms with Crippen LogP contribution in [-0.2, 0) is 38.1 Å². The van der Waals surface area contributed by atoms with Gasteiger partial charge < -0.3 is 29.2 Å². The van der Waals surface area contributed by atoms with E-state index in [0.717, 1.165) is 12.2 Å². The number of carbonyl (C=O) groups excluding carboxylic acids is 2. The maximum atomic E-state index is 11.5. The Balaban J connectivity index is 1.87. The molecule has 2 rings (SSSR count). The van der Waals surface area contributed by atoms with Crippen molar-refractivity contribution in [1.82, 2.24) is 0 Å². The molecule has 10 heteroatoms. The Hall–Kier alpha value is -2.72. The number of ether oxygens (including phenoxy) is 4. The van der Waals surface area contributed by atoms with E-state index < -0.39 is 48.3 Å². The lowest BCUT2D eigenvalue weighted by atomic mass is 10.1. The second-order valence-electron chi connectivity index (χ2n) is 4.89. The lowest BCUT2D eigenvalue weighted by Crippen LogP contribution is -2.35. The van der Waals surface area contributed by atoms with Crippen LogP contribution >= 0.6 is 0 Å². The maximum Gasteiger partial charge on any atom is 0.331 e. The van der Waals surface area contributed by atoms with E-state index in [1.165, 1.54) is 0 Å². The molecule has 2 saturated heterocycles. The fourth-order valence-corrected chi connectivity index (χ4v) is 2.29. The number of carbonyl (C=O) groups is 4. The summed E-state index contributed by atoms with van der Waals surface area (Å²) in [6.45, 7) is 0.00199. The van der Waals surface area contributed by atoms with Crippen LogP contribution in [0.25, 0.3) is 0 Å². The lowest BCUT2D eigenvalue weighted by Gasteiger charge is -2.16. The van der Waals surface area contributed by atoms with Gasteiger partial charge in [-0.3, -0.25) is 0 Å². The van der Waals surface area contributed by atoms with Crippen LogP contribution in [0.4, 0.5) is 0 Å². The van der Waals surface area contributed by atoms with Gasteiger partial charge >= 0.3 is 23.9 Å². The highest BCUT2D eigenvalue weighted by atomic mass is 16.7. The highest BCUT2D eigenvalue weighted by Gasteiger charge is 2.50. The fraction of sp³-hybridized carbons (Fsp3) is 0.429. The smallest absolute Gasteiger partial charge is 0.331 e. The number of aliphatic carboxylic acids is 2. The van der Waals surface area contributed by atoms with Gasteiger partial charge in [-0.15, -0.1) is 0 Å². The van der Waals surface area contributed by atoms with Crippen LogP contribution in [0.15, 0.2) is 24.3 Å². The van der Waals surface area contributed by atoms with Crippen molar-refractivity contribution in [3.8, 4) is 0 Å². The zero-order valence-electron chi connectivity index (χ0n) is 12.2. The van der Waals surface area contributed by atoms with E-state index in [4.69, 9.17) is 29.2 Å². The van der Waals surface area contributed by atoms with Gasteiger partial charge in [-0.25, -0.2) is 19.2 Å². The SMILES string of the molecule is O=C(O)/C=C\C(=O)O[C@H]1CO[C@H]2[C@@H]1OC[C@H]2OC(=O)/C=C\C(=O)O. The molecule has 0 bridgehead atoms. The molecule has 0 spiro atoms. The first-order chi connectivity index (χ1) is 11.4. The molecule has 2 N–H and O–H groups in total. The summed E-state index contributed by atoms with van der Waals surface area (Å²) in [5.41, 5.74) is 0. The van der Waals surface area contributed by atoms with Gasteiger partial charge in [0.25, 0.3) is 0 Å². The topological polar surface area (TPSA) is 146 Å². The molecule has 0 amide bonds. The van der Waals surface area contributed by atoms with E-state index in [-0.39, 0.29) is 13.2 Å². The summed E-state index contributed by atoms with van der Waals surface area (Å²) in [5, 5.41) is 16.9. The zero-order valence-corrected chi connectivity index (χ0v) is 12.2. The molecule has 130 valence electrons. The number of carboxylic acid groups (broad SMARTS) is 2. The predicted molar refractivity (Wildman–Crippen MR) is 72.8 cm³/mol. The first-order valence-electron chi connectivity index (χ1n) is 6.83. The Bertz CT molecular complexity index is 540. The third-order valence-corrected chi connectivity index (χ3v) is 3.22. The average Bonchev–Trinajstić information content (AvgIpc) is 3.07. The summed E-state index contributed by atoms with van der Waals surface area (Å²) < 4.78 is 20.9. The van der Waals surface area contributed by atoms with E-state index in [1.54, 1.807) is 0 Å². The zero-order chi connectivity index (χ0) is 17.7. The molecule has 2 aliphatic heterocycles. The highest BCUT2D eigenvalue weighted by molar-refractivity contribution is 5.91. The Morgan fingerprint density at radius 3 is 1.46 bits per heavy atom. The number of rotatable bonds is 6. The van der Waals surface area contributed by atoms with Crippen LogP contribution in [0.3, 0.4) is 0 Å². The summed E-state index contributed by atoms with van der Waals surface area (Å²) >= 11 is 0. The molecule has 0 saturated carbocycles. The van der Waals surface area contributed by atoms with E-state index in [9.17, 15) is 19.2 Å². The maximum absolute atomic E-state index is 11.5. The summed E-state index contributed by atoms with van der Waals surface area (Å²) in [7, 11) is 0. The van der Waals surface area contributed by atoms with Crippen LogP contribution in [0.2, 0.25) is 0 Å². The monoisotopic (exact) mass is 342 g/mol. The van der Waals surface area contributed by atoms with Gasteiger partial charge in [0.15, 0.2) is 12.2 Å². The average molecular weight is 342 g/mol. The standard InChI is InChI=1S/C14H14O10/c15-9(16)1-3-11(19)23-7-5-21-14-8(6-22-13(7)14)24-12(20)4-2-10(17)18/h1-4,7-8,13-14H,5-6H2,(H,15,16)(H,17,18)/b3-1-,4-2-/t7-,8+,13-,14-/m1/s1. The number of fused-ring (bicyclic) bond motifs is 1. The van der Waals surface area contributed by atoms with Crippen molar-refractivity contribution in [1.29, 1.82) is 0 Å². The molecule has 0 aliphatic carbocycles. The summed E-state index contributed by atoms with van der Waals surface area (Å²) in [5.74, 6) is -4.29. The van der Waals surface area contributed by atoms with Crippen molar-refractivity contribution in [2.45, 2.75) is 24.4 Å². The normalized spacial score (nSPS) is 28.8. The minimum absolute atomic E-state index is 0.000993. The minimum Gasteiger partial charge on any atom is -0.478 e. The molecule has 24 heavy (non-hydrogen) atoms. The lowest BCUT2D eigenvalue weighted by molar-refractivity contribution is -0.149. The number of carboxylic acids is 2. The number of hydrogen-bond donors (Lipinski definition) is 2. The fourth-order valence-electron chi connectivity index (χ4n) is 2.29. The predicted octanol–water partition coefficient (Wildman–Crippen LogP) is -1.11. The summed E-state index contributed by atoms with van der Waals surface area (Å²) in [6.07, 6.45) is -0.0348. The molecule has 2 heterocycles. The van der Waals surface area contributed by atoms with E-state index in [1.807, 2.05) is 0 Å². The Kier molecular flexibility index (Phi) is 5.66. The van der Waals surface area contributed by atoms with Crippen molar-refractivity contribution in [3.05, 3.63) is 24.3 Å². The minimum atomic E-state index is -1.29. The van der Waals surface area contributed by atoms with Crippen LogP contribution in [-0.4, -0.2) is 71.7 Å². The molecule has 4 atom stereocenters. The van der Waals surface area contributed by atoms with Crippen molar-refractivity contribution < 1.29 is 48.3 Å². The van der Waals surface area contributed by atoms with Gasteiger partial charge in [-0.2, -0.15) is 0 Å². The molecular weight excluding hydrogens is 328 g/mol. The molecule has 0 aromatic heterocycles. The van der Waals surface area contributed by atoms with Crippen molar-refractivity contribution in [2.24, 2.45) is 0 Å². The number of hydrogen-bond acceptors (Lipinski definition) is 8. The van der Waals surface area contributed by atoms with Gasteiger partial charge in [0.05, 0.1) is 13.2 Å². The third-order valence-electron chi connectivity index (χ3n) is 3.22. The summed E-state index contributed by atoms with van der Waals surface area (Å²) in [6, 6.07) is 0. The van der Waals surface area contributed by atoms with Gasteiger partial charge in [0.1, 0.15) is 12.2 Å². The van der Waals surface area contributed by atoms with Gasteiger partial charge in [0, 0.05) is 24.3 Å². The Morgan fingerprint density at radius 1 is 0.750 bits per heavy atom. The van der Waals surface area contributed by atoms with Crippen molar-refractivity contribution >= 4 is 23.9 Å². The second kappa shape index (κ2) is 7.70. The van der Waals surface area contributed by atoms with E-state index >= 15 is 0 Å². The Labute approximate surface area is 135 Å². The summed E-state index contributed by atoms with van der Waals surface area (Å²) in [4.78, 5) is 43.6. The van der Waals surface area contributed by atoms with Gasteiger partial charge in [-0.05, 0) is 0 Å². The molecule has 2 fully saturated rings. The van der Waals surface area contributed by atoms with Crippen molar-refractivity contribution in [3.63, 3.8) is 0 Å². The molecule has 0 unspecified atom stereocenters. The van der Waals surface area contributed by atoms with E-state index in [0.29, 0.717) is 12.2 Å². The first-order valence-corrected chi connectivity index (χ1v) is 6.83. The molecule has 2 aliphatic rings. The molecule has 0 aromatic carbocycles. The van der Waals surface area contributed by atoms with Crippen LogP contribution in [0.1, 0.15) is 0 Å². The molecule has 0 aromatic rings. The van der Waals surface area contributed by atoms with Crippen LogP contribution < -0.4 is 0 Å². The highest BCUT2D eigenvalue weighted by Crippen LogP contribution is 2.30. The quantitative estimate of drug-likeness (QED) is 0.450. The first kappa shape index (κ1) is 17.6. The van der Waals surface area contributed by atoms with Crippen LogP contribution in [0.5, 0.6) is 0 Å². The molecule has 10 nitrogen and oxygen atoms in total. The third kappa shape index (κ3) is 4.64. The Morgan fingerprint density at radius 2 is 1.12 bits per heavy atom. The van der Waals surface area contributed by atoms with Gasteiger partial charge in [0.2, 0.25) is 0 Å². The van der Waals surface area contributed by atoms with Crippen molar-refractivity contribution in [2.75, 3.05) is 13.2 Å². The van der Waals surface area contributed by atoms with Gasteiger partial charge in [-0.1, -0.05) is 0 Å². The number of esters is 2. The largest absolute Gasteiger partial charge is 0.478 e. The van der Waals surface area contributed by atoms with E-state index in [2.05, 4.69) is 0 Å². The van der Waals surface area contributed by atoms with Crippen LogP contribution in [0, 0.1) is 0 Å². The second-order valence-corrected chi connectivity index (χ2v) is 4.89. The molecule has 0 radical (unpaired) electrons. The molecular formula is C14H14O10.